The number of fused-ring (bicyclic) bond motifs is 3. The lowest BCUT2D eigenvalue weighted by atomic mass is 10.1. The molecule has 4 aromatic rings. The van der Waals surface area contributed by atoms with E-state index in [1.54, 1.807) is 10.6 Å². The van der Waals surface area contributed by atoms with Crippen LogP contribution in [-0.4, -0.2) is 33.9 Å². The van der Waals surface area contributed by atoms with E-state index in [1.807, 2.05) is 30.3 Å². The van der Waals surface area contributed by atoms with Crippen molar-refractivity contribution in [2.75, 3.05) is 12.5 Å². The standard InChI is InChI=1S/C22H19NO5S2/c1-29(25,26)16-8-10-18-19(12-16)20-13-17(30(2,27)28)9-11-21(20)23(22(18)24)14-15-6-4-3-5-7-15/h3-13H,14H2,1-2H3. The molecule has 4 rings (SSSR count). The van der Waals surface area contributed by atoms with Crippen molar-refractivity contribution in [2.24, 2.45) is 0 Å². The predicted octanol–water partition coefficient (Wildman–Crippen LogP) is 3.01. The molecule has 0 saturated carbocycles. The van der Waals surface area contributed by atoms with E-state index < -0.39 is 19.7 Å². The van der Waals surface area contributed by atoms with E-state index in [0.717, 1.165) is 18.1 Å². The molecule has 0 aliphatic carbocycles. The molecule has 6 nitrogen and oxygen atoms in total. The minimum atomic E-state index is -3.50. The second-order valence-electron chi connectivity index (χ2n) is 7.31. The highest BCUT2D eigenvalue weighted by Gasteiger charge is 2.17. The van der Waals surface area contributed by atoms with Gasteiger partial charge in [0.15, 0.2) is 19.7 Å². The molecule has 154 valence electrons. The number of pyridine rings is 1. The number of aromatic nitrogens is 1. The first-order chi connectivity index (χ1) is 14.1. The van der Waals surface area contributed by atoms with Gasteiger partial charge in [-0.05, 0) is 47.3 Å². The van der Waals surface area contributed by atoms with E-state index in [4.69, 9.17) is 0 Å². The topological polar surface area (TPSA) is 90.3 Å². The van der Waals surface area contributed by atoms with Crippen LogP contribution in [-0.2, 0) is 26.2 Å². The fraction of sp³-hybridized carbons (Fsp3) is 0.136. The lowest BCUT2D eigenvalue weighted by molar-refractivity contribution is 0.600. The molecule has 3 aromatic carbocycles. The highest BCUT2D eigenvalue weighted by atomic mass is 32.2. The summed E-state index contributed by atoms with van der Waals surface area (Å²) in [6.07, 6.45) is 2.20. The summed E-state index contributed by atoms with van der Waals surface area (Å²) in [6, 6.07) is 18.3. The minimum Gasteiger partial charge on any atom is -0.303 e. The first kappa shape index (κ1) is 20.3. The van der Waals surface area contributed by atoms with Gasteiger partial charge in [-0.2, -0.15) is 0 Å². The molecule has 30 heavy (non-hydrogen) atoms. The zero-order valence-electron chi connectivity index (χ0n) is 16.4. The fourth-order valence-corrected chi connectivity index (χ4v) is 4.83. The Balaban J connectivity index is 2.14. The number of hydrogen-bond acceptors (Lipinski definition) is 5. The highest BCUT2D eigenvalue weighted by molar-refractivity contribution is 7.91. The van der Waals surface area contributed by atoms with Gasteiger partial charge in [0.25, 0.3) is 5.56 Å². The molecule has 0 bridgehead atoms. The molecule has 1 heterocycles. The van der Waals surface area contributed by atoms with Gasteiger partial charge in [0.2, 0.25) is 0 Å². The van der Waals surface area contributed by atoms with Crippen LogP contribution < -0.4 is 5.56 Å². The summed E-state index contributed by atoms with van der Waals surface area (Å²) in [4.78, 5) is 13.5. The maximum atomic E-state index is 13.3. The maximum Gasteiger partial charge on any atom is 0.259 e. The Bertz CT molecular complexity index is 1570. The molecule has 0 spiro atoms. The Morgan fingerprint density at radius 2 is 1.27 bits per heavy atom. The Labute approximate surface area is 174 Å². The van der Waals surface area contributed by atoms with Crippen molar-refractivity contribution in [3.05, 3.63) is 82.6 Å². The molecule has 0 fully saturated rings. The van der Waals surface area contributed by atoms with Crippen LogP contribution in [0.4, 0.5) is 0 Å². The zero-order chi connectivity index (χ0) is 21.7. The fourth-order valence-electron chi connectivity index (χ4n) is 3.54. The van der Waals surface area contributed by atoms with Gasteiger partial charge in [0.05, 0.1) is 21.9 Å². The third kappa shape index (κ3) is 3.64. The van der Waals surface area contributed by atoms with Crippen molar-refractivity contribution in [3.8, 4) is 0 Å². The van der Waals surface area contributed by atoms with Gasteiger partial charge in [-0.3, -0.25) is 4.79 Å². The summed E-state index contributed by atoms with van der Waals surface area (Å²) < 4.78 is 49.9. The van der Waals surface area contributed by atoms with Gasteiger partial charge in [0, 0.05) is 23.3 Å². The Morgan fingerprint density at radius 3 is 1.87 bits per heavy atom. The van der Waals surface area contributed by atoms with Crippen LogP contribution in [0.25, 0.3) is 21.7 Å². The van der Waals surface area contributed by atoms with Gasteiger partial charge in [0.1, 0.15) is 0 Å². The number of benzene rings is 3. The van der Waals surface area contributed by atoms with Crippen LogP contribution in [0.3, 0.4) is 0 Å². The lowest BCUT2D eigenvalue weighted by Crippen LogP contribution is -2.22. The molecule has 0 aliphatic heterocycles. The van der Waals surface area contributed by atoms with Crippen molar-refractivity contribution >= 4 is 41.3 Å². The quantitative estimate of drug-likeness (QED) is 0.454. The molecule has 0 amide bonds. The van der Waals surface area contributed by atoms with Crippen LogP contribution in [0, 0.1) is 0 Å². The summed E-state index contributed by atoms with van der Waals surface area (Å²) in [5.74, 6) is 0. The summed E-state index contributed by atoms with van der Waals surface area (Å²) in [7, 11) is -6.99. The van der Waals surface area contributed by atoms with E-state index in [9.17, 15) is 21.6 Å². The third-order valence-corrected chi connectivity index (χ3v) is 7.28. The second-order valence-corrected chi connectivity index (χ2v) is 11.3. The molecular weight excluding hydrogens is 422 g/mol. The number of rotatable bonds is 4. The normalized spacial score (nSPS) is 12.5. The van der Waals surface area contributed by atoms with Gasteiger partial charge in [-0.15, -0.1) is 0 Å². The summed E-state index contributed by atoms with van der Waals surface area (Å²) in [5, 5.41) is 1.25. The zero-order valence-corrected chi connectivity index (χ0v) is 18.0. The van der Waals surface area contributed by atoms with E-state index in [-0.39, 0.29) is 15.4 Å². The molecule has 8 heteroatoms. The third-order valence-electron chi connectivity index (χ3n) is 5.06. The van der Waals surface area contributed by atoms with Gasteiger partial charge in [-0.1, -0.05) is 30.3 Å². The summed E-state index contributed by atoms with van der Waals surface area (Å²) in [5.41, 5.74) is 1.18. The number of nitrogens with zero attached hydrogens (tertiary/aromatic N) is 1. The molecule has 0 atom stereocenters. The van der Waals surface area contributed by atoms with Crippen molar-refractivity contribution in [1.82, 2.24) is 4.57 Å². The van der Waals surface area contributed by atoms with E-state index in [2.05, 4.69) is 0 Å². The molecule has 0 saturated heterocycles. The van der Waals surface area contributed by atoms with E-state index >= 15 is 0 Å². The van der Waals surface area contributed by atoms with Crippen molar-refractivity contribution in [3.63, 3.8) is 0 Å². The number of sulfone groups is 2. The van der Waals surface area contributed by atoms with Crippen LogP contribution in [0.15, 0.2) is 81.3 Å². The predicted molar refractivity (Wildman–Crippen MR) is 117 cm³/mol. The molecule has 0 radical (unpaired) electrons. The Hall–Kier alpha value is -2.97. The largest absolute Gasteiger partial charge is 0.303 e. The van der Waals surface area contributed by atoms with Crippen molar-refractivity contribution < 1.29 is 16.8 Å². The molecular formula is C22H19NO5S2. The minimum absolute atomic E-state index is 0.0706. The summed E-state index contributed by atoms with van der Waals surface area (Å²) in [6.45, 7) is 0.304. The van der Waals surface area contributed by atoms with Gasteiger partial charge in [-0.25, -0.2) is 16.8 Å². The van der Waals surface area contributed by atoms with E-state index in [0.29, 0.717) is 28.2 Å². The first-order valence-corrected chi connectivity index (χ1v) is 12.9. The van der Waals surface area contributed by atoms with Crippen LogP contribution >= 0.6 is 0 Å². The lowest BCUT2D eigenvalue weighted by Gasteiger charge is -2.15. The Morgan fingerprint density at radius 1 is 0.700 bits per heavy atom. The second kappa shape index (κ2) is 7.07. The van der Waals surface area contributed by atoms with Crippen molar-refractivity contribution in [1.29, 1.82) is 0 Å². The Kier molecular flexibility index (Phi) is 4.79. The smallest absolute Gasteiger partial charge is 0.259 e. The molecule has 0 aliphatic rings. The molecule has 0 N–H and O–H groups in total. The number of hydrogen-bond donors (Lipinski definition) is 0. The monoisotopic (exact) mass is 441 g/mol. The molecule has 1 aromatic heterocycles. The molecule has 0 unspecified atom stereocenters. The van der Waals surface area contributed by atoms with Crippen LogP contribution in [0.1, 0.15) is 5.56 Å². The van der Waals surface area contributed by atoms with E-state index in [1.165, 1.54) is 30.3 Å². The maximum absolute atomic E-state index is 13.3. The van der Waals surface area contributed by atoms with Gasteiger partial charge >= 0.3 is 0 Å². The average molecular weight is 442 g/mol. The van der Waals surface area contributed by atoms with Gasteiger partial charge < -0.3 is 4.57 Å². The van der Waals surface area contributed by atoms with Crippen LogP contribution in [0.5, 0.6) is 0 Å². The summed E-state index contributed by atoms with van der Waals surface area (Å²) >= 11 is 0. The average Bonchev–Trinajstić information content (AvgIpc) is 2.69. The first-order valence-electron chi connectivity index (χ1n) is 9.10. The van der Waals surface area contributed by atoms with Crippen LogP contribution in [0.2, 0.25) is 0 Å². The highest BCUT2D eigenvalue weighted by Crippen LogP contribution is 2.28. The SMILES string of the molecule is CS(=O)(=O)c1ccc2c(=O)n(Cc3ccccc3)c3ccc(S(C)(=O)=O)cc3c2c1. The van der Waals surface area contributed by atoms with Crippen molar-refractivity contribution in [2.45, 2.75) is 16.3 Å².